The molecule has 0 aliphatic carbocycles. The highest BCUT2D eigenvalue weighted by Crippen LogP contribution is 2.14. The molecule has 2 aromatic rings. The van der Waals surface area contributed by atoms with Crippen molar-refractivity contribution in [2.75, 3.05) is 14.2 Å². The summed E-state index contributed by atoms with van der Waals surface area (Å²) in [6.45, 7) is 5.44. The third-order valence-electron chi connectivity index (χ3n) is 3.60. The third kappa shape index (κ3) is 6.37. The van der Waals surface area contributed by atoms with Crippen molar-refractivity contribution < 1.29 is 9.47 Å². The Morgan fingerprint density at radius 1 is 0.880 bits per heavy atom. The Balaban J connectivity index is 1.81. The Labute approximate surface area is 150 Å². The molecule has 2 rings (SSSR count). The number of nitrogens with zero attached hydrogens (tertiary/aromatic N) is 1. The first kappa shape index (κ1) is 18.6. The van der Waals surface area contributed by atoms with Crippen LogP contribution >= 0.6 is 0 Å². The molecule has 25 heavy (non-hydrogen) atoms. The monoisotopic (exact) mass is 341 g/mol. The maximum Gasteiger partial charge on any atom is 0.191 e. The van der Waals surface area contributed by atoms with E-state index in [1.165, 1.54) is 11.1 Å². The van der Waals surface area contributed by atoms with Gasteiger partial charge in [-0.15, -0.1) is 0 Å². The number of aliphatic imine (C=N–C) groups is 1. The van der Waals surface area contributed by atoms with Crippen molar-refractivity contribution in [1.82, 2.24) is 10.6 Å². The van der Waals surface area contributed by atoms with Gasteiger partial charge in [0, 0.05) is 20.1 Å². The number of rotatable bonds is 7. The molecule has 2 N–H and O–H groups in total. The van der Waals surface area contributed by atoms with Gasteiger partial charge >= 0.3 is 0 Å². The van der Waals surface area contributed by atoms with Crippen molar-refractivity contribution in [2.24, 2.45) is 4.99 Å². The number of guanidine groups is 1. The Hall–Kier alpha value is -2.69. The largest absolute Gasteiger partial charge is 0.497 e. The zero-order valence-electron chi connectivity index (χ0n) is 15.4. The Kier molecular flexibility index (Phi) is 7.14. The van der Waals surface area contributed by atoms with Gasteiger partial charge in [0.15, 0.2) is 5.96 Å². The second-order valence-electron chi connectivity index (χ2n) is 5.94. The molecule has 0 fully saturated rings. The molecule has 0 saturated heterocycles. The maximum atomic E-state index is 5.65. The van der Waals surface area contributed by atoms with Crippen LogP contribution in [0.5, 0.6) is 11.5 Å². The van der Waals surface area contributed by atoms with E-state index in [1.807, 2.05) is 50.2 Å². The average Bonchev–Trinajstić information content (AvgIpc) is 2.63. The minimum absolute atomic E-state index is 0.185. The number of benzene rings is 2. The van der Waals surface area contributed by atoms with Gasteiger partial charge in [0.05, 0.1) is 13.2 Å². The molecule has 0 atom stereocenters. The van der Waals surface area contributed by atoms with Crippen LogP contribution in [-0.4, -0.2) is 26.2 Å². The summed E-state index contributed by atoms with van der Waals surface area (Å²) in [5.41, 5.74) is 2.34. The highest BCUT2D eigenvalue weighted by molar-refractivity contribution is 5.79. The van der Waals surface area contributed by atoms with Crippen LogP contribution < -0.4 is 20.1 Å². The Morgan fingerprint density at radius 2 is 1.36 bits per heavy atom. The summed E-state index contributed by atoms with van der Waals surface area (Å²) in [6.07, 6.45) is 0.185. The van der Waals surface area contributed by atoms with Gasteiger partial charge in [-0.3, -0.25) is 4.99 Å². The van der Waals surface area contributed by atoms with Crippen molar-refractivity contribution in [1.29, 1.82) is 0 Å². The normalized spacial score (nSPS) is 11.3. The van der Waals surface area contributed by atoms with Crippen LogP contribution in [0, 0.1) is 0 Å². The fourth-order valence-electron chi connectivity index (χ4n) is 2.29. The lowest BCUT2D eigenvalue weighted by atomic mass is 10.2. The molecule has 0 amide bonds. The van der Waals surface area contributed by atoms with Crippen molar-refractivity contribution >= 4 is 5.96 Å². The molecule has 5 heteroatoms. The second kappa shape index (κ2) is 9.57. The molecule has 0 aliphatic rings. The van der Waals surface area contributed by atoms with Crippen molar-refractivity contribution in [3.63, 3.8) is 0 Å². The lowest BCUT2D eigenvalue weighted by Gasteiger charge is -2.13. The summed E-state index contributed by atoms with van der Waals surface area (Å²) in [5, 5.41) is 6.62. The van der Waals surface area contributed by atoms with Gasteiger partial charge in [0.25, 0.3) is 0 Å². The molecule has 0 radical (unpaired) electrons. The minimum atomic E-state index is 0.185. The summed E-state index contributed by atoms with van der Waals surface area (Å²) in [5.74, 6) is 2.51. The molecule has 0 saturated carbocycles. The van der Waals surface area contributed by atoms with Crippen LogP contribution in [0.15, 0.2) is 53.5 Å². The fraction of sp³-hybridized carbons (Fsp3) is 0.350. The van der Waals surface area contributed by atoms with E-state index < -0.39 is 0 Å². The van der Waals surface area contributed by atoms with Crippen LogP contribution in [-0.2, 0) is 13.1 Å². The number of nitrogens with one attached hydrogen (secondary N) is 2. The van der Waals surface area contributed by atoms with Gasteiger partial charge in [-0.1, -0.05) is 24.3 Å². The molecule has 0 aromatic heterocycles. The highest BCUT2D eigenvalue weighted by atomic mass is 16.5. The van der Waals surface area contributed by atoms with Crippen LogP contribution in [0.4, 0.5) is 0 Å². The molecule has 0 aliphatic heterocycles. The van der Waals surface area contributed by atoms with Crippen LogP contribution in [0.25, 0.3) is 0 Å². The summed E-state index contributed by atoms with van der Waals surface area (Å²) in [4.78, 5) is 4.25. The first-order valence-electron chi connectivity index (χ1n) is 8.43. The van der Waals surface area contributed by atoms with Gasteiger partial charge in [-0.2, -0.15) is 0 Å². The lowest BCUT2D eigenvalue weighted by Crippen LogP contribution is -2.36. The van der Waals surface area contributed by atoms with Crippen molar-refractivity contribution in [3.05, 3.63) is 59.7 Å². The van der Waals surface area contributed by atoms with Crippen LogP contribution in [0.2, 0.25) is 0 Å². The van der Waals surface area contributed by atoms with E-state index in [-0.39, 0.29) is 6.10 Å². The van der Waals surface area contributed by atoms with E-state index in [2.05, 4.69) is 27.8 Å². The van der Waals surface area contributed by atoms with E-state index in [4.69, 9.17) is 9.47 Å². The molecule has 0 heterocycles. The average molecular weight is 341 g/mol. The number of methoxy groups -OCH3 is 1. The van der Waals surface area contributed by atoms with E-state index in [1.54, 1.807) is 14.2 Å². The third-order valence-corrected chi connectivity index (χ3v) is 3.60. The predicted octanol–water partition coefficient (Wildman–Crippen LogP) is 3.35. The predicted molar refractivity (Wildman–Crippen MR) is 102 cm³/mol. The highest BCUT2D eigenvalue weighted by Gasteiger charge is 2.01. The first-order chi connectivity index (χ1) is 12.1. The molecule has 0 spiro atoms. The SMILES string of the molecule is CN=C(NCc1ccc(OC)cc1)NCc1ccc(OC(C)C)cc1. The molecular formula is C20H27N3O2. The molecule has 0 bridgehead atoms. The number of hydrogen-bond donors (Lipinski definition) is 2. The van der Waals surface area contributed by atoms with E-state index in [9.17, 15) is 0 Å². The topological polar surface area (TPSA) is 54.9 Å². The van der Waals surface area contributed by atoms with Gasteiger partial charge in [0.2, 0.25) is 0 Å². The quantitative estimate of drug-likeness (QED) is 0.599. The maximum absolute atomic E-state index is 5.65. The van der Waals surface area contributed by atoms with E-state index in [0.717, 1.165) is 17.5 Å². The van der Waals surface area contributed by atoms with Crippen LogP contribution in [0.1, 0.15) is 25.0 Å². The second-order valence-corrected chi connectivity index (χ2v) is 5.94. The van der Waals surface area contributed by atoms with Gasteiger partial charge < -0.3 is 20.1 Å². The molecular weight excluding hydrogens is 314 g/mol. The number of hydrogen-bond acceptors (Lipinski definition) is 3. The van der Waals surface area contributed by atoms with Crippen molar-refractivity contribution in [3.8, 4) is 11.5 Å². The zero-order valence-corrected chi connectivity index (χ0v) is 15.4. The zero-order chi connectivity index (χ0) is 18.1. The summed E-state index contributed by atoms with van der Waals surface area (Å²) in [7, 11) is 3.43. The fourth-order valence-corrected chi connectivity index (χ4v) is 2.29. The molecule has 0 unspecified atom stereocenters. The summed E-state index contributed by atoms with van der Waals surface area (Å²) < 4.78 is 10.8. The van der Waals surface area contributed by atoms with E-state index in [0.29, 0.717) is 13.1 Å². The molecule has 134 valence electrons. The van der Waals surface area contributed by atoms with Gasteiger partial charge in [0.1, 0.15) is 11.5 Å². The number of ether oxygens (including phenoxy) is 2. The van der Waals surface area contributed by atoms with Gasteiger partial charge in [-0.25, -0.2) is 0 Å². The smallest absolute Gasteiger partial charge is 0.191 e. The summed E-state index contributed by atoms with van der Waals surface area (Å²) >= 11 is 0. The lowest BCUT2D eigenvalue weighted by molar-refractivity contribution is 0.242. The Morgan fingerprint density at radius 3 is 1.76 bits per heavy atom. The molecule has 2 aromatic carbocycles. The standard InChI is InChI=1S/C20H27N3O2/c1-15(2)25-19-11-7-17(8-12-19)14-23-20(21-3)22-13-16-5-9-18(24-4)10-6-16/h5-12,15H,13-14H2,1-4H3,(H2,21,22,23). The molecule has 5 nitrogen and oxygen atoms in total. The minimum Gasteiger partial charge on any atom is -0.497 e. The van der Waals surface area contributed by atoms with Crippen LogP contribution in [0.3, 0.4) is 0 Å². The first-order valence-corrected chi connectivity index (χ1v) is 8.43. The van der Waals surface area contributed by atoms with Gasteiger partial charge in [-0.05, 0) is 49.2 Å². The van der Waals surface area contributed by atoms with E-state index >= 15 is 0 Å². The summed E-state index contributed by atoms with van der Waals surface area (Å²) in [6, 6.07) is 16.1. The van der Waals surface area contributed by atoms with Crippen molar-refractivity contribution in [2.45, 2.75) is 33.0 Å². The Bertz CT molecular complexity index is 664.